The predicted octanol–water partition coefficient (Wildman–Crippen LogP) is 3.57. The normalized spacial score (nSPS) is 10.6. The van der Waals surface area contributed by atoms with Crippen molar-refractivity contribution in [3.8, 4) is 0 Å². The van der Waals surface area contributed by atoms with E-state index < -0.39 is 0 Å². The molecule has 0 aliphatic carbocycles. The van der Waals surface area contributed by atoms with Crippen LogP contribution in [0.5, 0.6) is 0 Å². The number of carbonyl (C=O) groups excluding carboxylic acids is 1. The van der Waals surface area contributed by atoms with Crippen LogP contribution in [-0.2, 0) is 16.0 Å². The molecule has 96 valence electrons. The highest BCUT2D eigenvalue weighted by molar-refractivity contribution is 5.73. The van der Waals surface area contributed by atoms with Gasteiger partial charge in [0.1, 0.15) is 0 Å². The smallest absolute Gasteiger partial charge is 0.309 e. The minimum absolute atomic E-state index is 0.215. The zero-order chi connectivity index (χ0) is 13.5. The molecule has 0 atom stereocenters. The van der Waals surface area contributed by atoms with Crippen LogP contribution in [0.3, 0.4) is 0 Å². The fourth-order valence-corrected chi connectivity index (χ4v) is 1.74. The first-order valence-electron chi connectivity index (χ1n) is 6.17. The highest BCUT2D eigenvalue weighted by atomic mass is 16.5. The summed E-state index contributed by atoms with van der Waals surface area (Å²) in [5.41, 5.74) is 3.24. The van der Waals surface area contributed by atoms with Gasteiger partial charge in [0.25, 0.3) is 0 Å². The number of hydrogen-bond acceptors (Lipinski definition) is 2. The van der Waals surface area contributed by atoms with Crippen LogP contribution in [0.1, 0.15) is 16.7 Å². The number of carbonyl (C=O) groups is 1. The summed E-state index contributed by atoms with van der Waals surface area (Å²) in [5.74, 6) is -0.215. The summed E-state index contributed by atoms with van der Waals surface area (Å²) >= 11 is 0. The number of methoxy groups -OCH3 is 1. The molecule has 0 unspecified atom stereocenters. The van der Waals surface area contributed by atoms with Gasteiger partial charge in [-0.3, -0.25) is 4.79 Å². The quantitative estimate of drug-likeness (QED) is 0.614. The van der Waals surface area contributed by atoms with Crippen LogP contribution in [0.25, 0.3) is 12.2 Å². The second kappa shape index (κ2) is 6.55. The van der Waals surface area contributed by atoms with Gasteiger partial charge in [-0.25, -0.2) is 0 Å². The molecular weight excluding hydrogens is 236 g/mol. The van der Waals surface area contributed by atoms with Crippen molar-refractivity contribution in [3.05, 3.63) is 71.3 Å². The lowest BCUT2D eigenvalue weighted by molar-refractivity contribution is -0.139. The van der Waals surface area contributed by atoms with E-state index in [1.165, 1.54) is 12.7 Å². The van der Waals surface area contributed by atoms with E-state index in [1.54, 1.807) is 0 Å². The third-order valence-electron chi connectivity index (χ3n) is 2.82. The van der Waals surface area contributed by atoms with Gasteiger partial charge in [-0.1, -0.05) is 66.7 Å². The summed E-state index contributed by atoms with van der Waals surface area (Å²) in [7, 11) is 1.40. The molecule has 2 heteroatoms. The first-order chi connectivity index (χ1) is 9.28. The van der Waals surface area contributed by atoms with Crippen molar-refractivity contribution in [2.45, 2.75) is 6.42 Å². The van der Waals surface area contributed by atoms with Crippen molar-refractivity contribution in [1.82, 2.24) is 0 Å². The molecule has 0 bridgehead atoms. The summed E-state index contributed by atoms with van der Waals surface area (Å²) in [6, 6.07) is 18.0. The van der Waals surface area contributed by atoms with E-state index >= 15 is 0 Å². The Kier molecular flexibility index (Phi) is 4.51. The highest BCUT2D eigenvalue weighted by Crippen LogP contribution is 2.10. The minimum atomic E-state index is -0.215. The molecular formula is C17H16O2. The monoisotopic (exact) mass is 252 g/mol. The summed E-state index contributed by atoms with van der Waals surface area (Å²) in [6.45, 7) is 0. The fraction of sp³-hybridized carbons (Fsp3) is 0.118. The molecule has 0 aliphatic rings. The molecule has 0 spiro atoms. The van der Waals surface area contributed by atoms with Crippen molar-refractivity contribution in [3.63, 3.8) is 0 Å². The molecule has 2 rings (SSSR count). The van der Waals surface area contributed by atoms with Gasteiger partial charge in [0.2, 0.25) is 0 Å². The summed E-state index contributed by atoms with van der Waals surface area (Å²) in [4.78, 5) is 11.1. The van der Waals surface area contributed by atoms with Crippen LogP contribution in [0.15, 0.2) is 54.6 Å². The average molecular weight is 252 g/mol. The van der Waals surface area contributed by atoms with Gasteiger partial charge in [-0.05, 0) is 16.7 Å². The second-order valence-corrected chi connectivity index (χ2v) is 4.24. The van der Waals surface area contributed by atoms with Gasteiger partial charge >= 0.3 is 5.97 Å². The SMILES string of the molecule is COC(=O)Cc1ccc(C=Cc2ccccc2)cc1. The molecule has 2 aromatic carbocycles. The standard InChI is InChI=1S/C17H16O2/c1-19-17(18)13-16-11-9-15(10-12-16)8-7-14-5-3-2-4-6-14/h2-12H,13H2,1H3. The Bertz CT molecular complexity index is 554. The first-order valence-corrected chi connectivity index (χ1v) is 6.17. The van der Waals surface area contributed by atoms with Gasteiger partial charge in [0.05, 0.1) is 13.5 Å². The summed E-state index contributed by atoms with van der Waals surface area (Å²) < 4.78 is 4.64. The van der Waals surface area contributed by atoms with Crippen LogP contribution in [0.4, 0.5) is 0 Å². The number of ether oxygens (including phenoxy) is 1. The van der Waals surface area contributed by atoms with Crippen molar-refractivity contribution in [2.24, 2.45) is 0 Å². The van der Waals surface area contributed by atoms with Crippen molar-refractivity contribution < 1.29 is 9.53 Å². The lowest BCUT2D eigenvalue weighted by Crippen LogP contribution is -2.03. The third-order valence-corrected chi connectivity index (χ3v) is 2.82. The van der Waals surface area contributed by atoms with Gasteiger partial charge < -0.3 is 4.74 Å². The van der Waals surface area contributed by atoms with Crippen LogP contribution < -0.4 is 0 Å². The topological polar surface area (TPSA) is 26.3 Å². The fourth-order valence-electron chi connectivity index (χ4n) is 1.74. The van der Waals surface area contributed by atoms with E-state index in [1.807, 2.05) is 42.5 Å². The molecule has 2 aromatic rings. The van der Waals surface area contributed by atoms with E-state index in [-0.39, 0.29) is 5.97 Å². The average Bonchev–Trinajstić information content (AvgIpc) is 2.47. The Labute approximate surface area is 113 Å². The molecule has 0 saturated heterocycles. The van der Waals surface area contributed by atoms with Crippen LogP contribution in [0, 0.1) is 0 Å². The van der Waals surface area contributed by atoms with Crippen molar-refractivity contribution in [2.75, 3.05) is 7.11 Å². The van der Waals surface area contributed by atoms with Gasteiger partial charge in [0, 0.05) is 0 Å². The van der Waals surface area contributed by atoms with Gasteiger partial charge in [-0.15, -0.1) is 0 Å². The van der Waals surface area contributed by atoms with E-state index in [0.717, 1.165) is 11.1 Å². The molecule has 0 radical (unpaired) electrons. The Hall–Kier alpha value is -2.35. The Morgan fingerprint density at radius 3 is 2.11 bits per heavy atom. The number of esters is 1. The Morgan fingerprint density at radius 1 is 0.947 bits per heavy atom. The number of benzene rings is 2. The number of rotatable bonds is 4. The second-order valence-electron chi connectivity index (χ2n) is 4.24. The van der Waals surface area contributed by atoms with Crippen molar-refractivity contribution in [1.29, 1.82) is 0 Å². The Morgan fingerprint density at radius 2 is 1.53 bits per heavy atom. The molecule has 2 nitrogen and oxygen atoms in total. The van der Waals surface area contributed by atoms with Gasteiger partial charge in [0.15, 0.2) is 0 Å². The summed E-state index contributed by atoms with van der Waals surface area (Å²) in [6.07, 6.45) is 4.44. The molecule has 0 heterocycles. The lowest BCUT2D eigenvalue weighted by atomic mass is 10.1. The maximum atomic E-state index is 11.1. The summed E-state index contributed by atoms with van der Waals surface area (Å²) in [5, 5.41) is 0. The van der Waals surface area contributed by atoms with Crippen molar-refractivity contribution >= 4 is 18.1 Å². The van der Waals surface area contributed by atoms with Crippen LogP contribution in [-0.4, -0.2) is 13.1 Å². The van der Waals surface area contributed by atoms with E-state index in [4.69, 9.17) is 0 Å². The van der Waals surface area contributed by atoms with Crippen LogP contribution in [0.2, 0.25) is 0 Å². The maximum Gasteiger partial charge on any atom is 0.309 e. The maximum absolute atomic E-state index is 11.1. The lowest BCUT2D eigenvalue weighted by Gasteiger charge is -2.00. The zero-order valence-corrected chi connectivity index (χ0v) is 10.9. The Balaban J connectivity index is 2.03. The molecule has 0 aromatic heterocycles. The molecule has 0 aliphatic heterocycles. The minimum Gasteiger partial charge on any atom is -0.469 e. The van der Waals surface area contributed by atoms with E-state index in [9.17, 15) is 4.79 Å². The predicted molar refractivity (Wildman–Crippen MR) is 77.5 cm³/mol. The zero-order valence-electron chi connectivity index (χ0n) is 10.9. The largest absolute Gasteiger partial charge is 0.469 e. The van der Waals surface area contributed by atoms with E-state index in [0.29, 0.717) is 6.42 Å². The molecule has 0 amide bonds. The third kappa shape index (κ3) is 4.11. The molecule has 0 N–H and O–H groups in total. The molecule has 19 heavy (non-hydrogen) atoms. The van der Waals surface area contributed by atoms with Crippen LogP contribution >= 0.6 is 0 Å². The molecule has 0 saturated carbocycles. The van der Waals surface area contributed by atoms with E-state index in [2.05, 4.69) is 29.0 Å². The van der Waals surface area contributed by atoms with Gasteiger partial charge in [-0.2, -0.15) is 0 Å². The first kappa shape index (κ1) is 13.1. The number of hydrogen-bond donors (Lipinski definition) is 0. The molecule has 0 fully saturated rings. The highest BCUT2D eigenvalue weighted by Gasteiger charge is 2.01.